The number of benzene rings is 1. The van der Waals surface area contributed by atoms with Gasteiger partial charge in [0.1, 0.15) is 5.54 Å². The second-order valence-electron chi connectivity index (χ2n) is 5.45. The van der Waals surface area contributed by atoms with Crippen LogP contribution in [0.2, 0.25) is 0 Å². The molecule has 114 valence electrons. The van der Waals surface area contributed by atoms with Crippen molar-refractivity contribution < 1.29 is 8.42 Å². The molecule has 0 bridgehead atoms. The van der Waals surface area contributed by atoms with Gasteiger partial charge in [0.15, 0.2) is 0 Å². The molecule has 0 aromatic heterocycles. The van der Waals surface area contributed by atoms with E-state index in [9.17, 15) is 13.7 Å². The first-order chi connectivity index (χ1) is 9.96. The summed E-state index contributed by atoms with van der Waals surface area (Å²) in [6.07, 6.45) is 4.08. The highest BCUT2D eigenvalue weighted by Crippen LogP contribution is 2.35. The molecule has 0 unspecified atom stereocenters. The van der Waals surface area contributed by atoms with Gasteiger partial charge in [0, 0.05) is 12.4 Å². The molecule has 0 saturated heterocycles. The van der Waals surface area contributed by atoms with E-state index in [2.05, 4.69) is 22.0 Å². The second-order valence-corrected chi connectivity index (χ2v) is 7.98. The monoisotopic (exact) mass is 370 g/mol. The van der Waals surface area contributed by atoms with Crippen LogP contribution in [0.5, 0.6) is 0 Å². The zero-order valence-electron chi connectivity index (χ0n) is 12.0. The molecule has 0 radical (unpaired) electrons. The summed E-state index contributed by atoms with van der Waals surface area (Å²) in [5.41, 5.74) is 0.120. The minimum absolute atomic E-state index is 0.245. The van der Waals surface area contributed by atoms with Gasteiger partial charge in [0.05, 0.1) is 11.0 Å². The SMILES string of the molecule is CN(C1(C#N)CCCCC1)S(=O)(=O)c1ccc(CBr)cc1. The lowest BCUT2D eigenvalue weighted by Crippen LogP contribution is -2.49. The predicted molar refractivity (Wildman–Crippen MR) is 85.5 cm³/mol. The third-order valence-corrected chi connectivity index (χ3v) is 6.81. The number of halogens is 1. The smallest absolute Gasteiger partial charge is 0.207 e. The highest BCUT2D eigenvalue weighted by molar-refractivity contribution is 9.08. The van der Waals surface area contributed by atoms with Gasteiger partial charge >= 0.3 is 0 Å². The van der Waals surface area contributed by atoms with Crippen molar-refractivity contribution in [1.82, 2.24) is 4.31 Å². The van der Waals surface area contributed by atoms with Crippen molar-refractivity contribution in [2.75, 3.05) is 7.05 Å². The quantitative estimate of drug-likeness (QED) is 0.762. The Balaban J connectivity index is 2.35. The van der Waals surface area contributed by atoms with Crippen LogP contribution in [-0.4, -0.2) is 25.3 Å². The first-order valence-electron chi connectivity index (χ1n) is 7.01. The number of nitriles is 1. The average Bonchev–Trinajstić information content (AvgIpc) is 2.54. The Morgan fingerprint density at radius 3 is 2.29 bits per heavy atom. The second kappa shape index (κ2) is 6.47. The lowest BCUT2D eigenvalue weighted by Gasteiger charge is -2.38. The molecule has 0 heterocycles. The van der Waals surface area contributed by atoms with E-state index >= 15 is 0 Å². The average molecular weight is 371 g/mol. The van der Waals surface area contributed by atoms with Crippen LogP contribution in [0.1, 0.15) is 37.7 Å². The fourth-order valence-corrected chi connectivity index (χ4v) is 4.63. The highest BCUT2D eigenvalue weighted by Gasteiger charge is 2.42. The Kier molecular flexibility index (Phi) is 5.07. The minimum Gasteiger partial charge on any atom is -0.207 e. The summed E-state index contributed by atoms with van der Waals surface area (Å²) in [5, 5.41) is 10.2. The van der Waals surface area contributed by atoms with Gasteiger partial charge in [-0.2, -0.15) is 9.57 Å². The Hall–Kier alpha value is -0.900. The van der Waals surface area contributed by atoms with Gasteiger partial charge in [-0.3, -0.25) is 0 Å². The van der Waals surface area contributed by atoms with Crippen molar-refractivity contribution in [2.24, 2.45) is 0 Å². The summed E-state index contributed by atoms with van der Waals surface area (Å²) in [7, 11) is -2.11. The number of alkyl halides is 1. The fourth-order valence-electron chi connectivity index (χ4n) is 2.77. The van der Waals surface area contributed by atoms with E-state index in [1.54, 1.807) is 24.3 Å². The van der Waals surface area contributed by atoms with E-state index in [0.717, 1.165) is 24.8 Å². The molecule has 6 heteroatoms. The summed E-state index contributed by atoms with van der Waals surface area (Å²) in [4.78, 5) is 0.245. The van der Waals surface area contributed by atoms with Gasteiger partial charge in [0.2, 0.25) is 10.0 Å². The summed E-state index contributed by atoms with van der Waals surface area (Å²) < 4.78 is 26.8. The highest BCUT2D eigenvalue weighted by atomic mass is 79.9. The summed E-state index contributed by atoms with van der Waals surface area (Å²) in [6, 6.07) is 9.04. The lowest BCUT2D eigenvalue weighted by atomic mass is 9.83. The minimum atomic E-state index is -3.64. The molecule has 0 atom stereocenters. The predicted octanol–water partition coefficient (Wildman–Crippen LogP) is 3.43. The number of sulfonamides is 1. The van der Waals surface area contributed by atoms with Crippen LogP contribution in [0.4, 0.5) is 0 Å². The fraction of sp³-hybridized carbons (Fsp3) is 0.533. The Labute approximate surface area is 134 Å². The van der Waals surface area contributed by atoms with Gasteiger partial charge in [-0.25, -0.2) is 8.42 Å². The Morgan fingerprint density at radius 2 is 1.81 bits per heavy atom. The Bertz CT molecular complexity index is 629. The zero-order valence-corrected chi connectivity index (χ0v) is 14.5. The van der Waals surface area contributed by atoms with Gasteiger partial charge in [-0.1, -0.05) is 47.3 Å². The third kappa shape index (κ3) is 3.15. The number of hydrogen-bond donors (Lipinski definition) is 0. The van der Waals surface area contributed by atoms with E-state index in [-0.39, 0.29) is 4.90 Å². The first kappa shape index (κ1) is 16.5. The third-order valence-electron chi connectivity index (χ3n) is 4.23. The lowest BCUT2D eigenvalue weighted by molar-refractivity contribution is 0.212. The van der Waals surface area contributed by atoms with Crippen LogP contribution in [0.3, 0.4) is 0 Å². The molecule has 1 aromatic carbocycles. The molecule has 21 heavy (non-hydrogen) atoms. The van der Waals surface area contributed by atoms with Gasteiger partial charge in [0.25, 0.3) is 0 Å². The van der Waals surface area contributed by atoms with Crippen molar-refractivity contribution in [3.8, 4) is 6.07 Å². The normalized spacial score (nSPS) is 18.4. The van der Waals surface area contributed by atoms with Gasteiger partial charge in [-0.15, -0.1) is 0 Å². The molecular formula is C15H19BrN2O2S. The molecule has 0 amide bonds. The van der Waals surface area contributed by atoms with Gasteiger partial charge in [-0.05, 0) is 30.5 Å². The van der Waals surface area contributed by atoms with Crippen molar-refractivity contribution in [3.63, 3.8) is 0 Å². The van der Waals surface area contributed by atoms with Crippen LogP contribution in [0.25, 0.3) is 0 Å². The van der Waals surface area contributed by atoms with Crippen LogP contribution < -0.4 is 0 Å². The summed E-state index contributed by atoms with van der Waals surface area (Å²) in [6.45, 7) is 0. The van der Waals surface area contributed by atoms with E-state index in [1.165, 1.54) is 11.4 Å². The molecule has 1 aliphatic carbocycles. The van der Waals surface area contributed by atoms with E-state index in [1.807, 2.05) is 0 Å². The van der Waals surface area contributed by atoms with Crippen LogP contribution in [-0.2, 0) is 15.4 Å². The molecule has 1 saturated carbocycles. The molecule has 0 spiro atoms. The number of nitrogens with zero attached hydrogens (tertiary/aromatic N) is 2. The molecule has 1 aliphatic rings. The molecule has 4 nitrogen and oxygen atoms in total. The van der Waals surface area contributed by atoms with Crippen LogP contribution in [0.15, 0.2) is 29.2 Å². The maximum Gasteiger partial charge on any atom is 0.244 e. The maximum absolute atomic E-state index is 12.8. The number of hydrogen-bond acceptors (Lipinski definition) is 3. The summed E-state index contributed by atoms with van der Waals surface area (Å²) >= 11 is 3.34. The van der Waals surface area contributed by atoms with Crippen molar-refractivity contribution in [1.29, 1.82) is 5.26 Å². The molecular weight excluding hydrogens is 352 g/mol. The van der Waals surface area contributed by atoms with Crippen LogP contribution in [0, 0.1) is 11.3 Å². The van der Waals surface area contributed by atoms with Crippen molar-refractivity contribution >= 4 is 26.0 Å². The topological polar surface area (TPSA) is 61.2 Å². The number of rotatable bonds is 4. The van der Waals surface area contributed by atoms with E-state index < -0.39 is 15.6 Å². The first-order valence-corrected chi connectivity index (χ1v) is 9.58. The molecule has 1 aromatic rings. The van der Waals surface area contributed by atoms with Crippen molar-refractivity contribution in [2.45, 2.75) is 47.9 Å². The standard InChI is InChI=1S/C15H19BrN2O2S/c1-18(15(12-17)9-3-2-4-10-15)21(19,20)14-7-5-13(11-16)6-8-14/h5-8H,2-4,9-11H2,1H3. The molecule has 1 fully saturated rings. The van der Waals surface area contributed by atoms with Crippen molar-refractivity contribution in [3.05, 3.63) is 29.8 Å². The van der Waals surface area contributed by atoms with Gasteiger partial charge < -0.3 is 0 Å². The maximum atomic E-state index is 12.8. The molecule has 0 aliphatic heterocycles. The van der Waals surface area contributed by atoms with Crippen LogP contribution >= 0.6 is 15.9 Å². The van der Waals surface area contributed by atoms with E-state index in [0.29, 0.717) is 18.2 Å². The Morgan fingerprint density at radius 1 is 1.24 bits per heavy atom. The molecule has 2 rings (SSSR count). The largest absolute Gasteiger partial charge is 0.244 e. The molecule has 0 N–H and O–H groups in total. The zero-order chi connectivity index (χ0) is 15.5. The van der Waals surface area contributed by atoms with E-state index in [4.69, 9.17) is 0 Å². The summed E-state index contributed by atoms with van der Waals surface area (Å²) in [5.74, 6) is 0.